The number of hydrogen-bond acceptors (Lipinski definition) is 2. The van der Waals surface area contributed by atoms with Gasteiger partial charge in [0, 0.05) is 0 Å². The summed E-state index contributed by atoms with van der Waals surface area (Å²) in [6.45, 7) is 2.02. The molecule has 0 amide bonds. The maximum Gasteiger partial charge on any atom is 0.135 e. The molecule has 0 spiro atoms. The highest BCUT2D eigenvalue weighted by molar-refractivity contribution is 14.1. The van der Waals surface area contributed by atoms with Crippen molar-refractivity contribution in [1.29, 1.82) is 0 Å². The van der Waals surface area contributed by atoms with Crippen molar-refractivity contribution in [2.75, 3.05) is 5.73 Å². The summed E-state index contributed by atoms with van der Waals surface area (Å²) in [6.07, 6.45) is 3.28. The van der Waals surface area contributed by atoms with Crippen molar-refractivity contribution in [1.82, 2.24) is 9.78 Å². The van der Waals surface area contributed by atoms with Gasteiger partial charge in [0.1, 0.15) is 5.82 Å². The number of halogens is 1. The first-order valence-electron chi connectivity index (χ1n) is 6.23. The lowest BCUT2D eigenvalue weighted by Crippen LogP contribution is -2.21. The monoisotopic (exact) mass is 353 g/mol. The Morgan fingerprint density at radius 2 is 2.06 bits per heavy atom. The summed E-state index contributed by atoms with van der Waals surface area (Å²) < 4.78 is 3.11. The van der Waals surface area contributed by atoms with Crippen LogP contribution in [0, 0.1) is 10.5 Å². The van der Waals surface area contributed by atoms with E-state index in [0.717, 1.165) is 34.3 Å². The van der Waals surface area contributed by atoms with E-state index < -0.39 is 0 Å². The summed E-state index contributed by atoms with van der Waals surface area (Å²) in [5.41, 5.74) is 10.1. The van der Waals surface area contributed by atoms with Gasteiger partial charge in [0.2, 0.25) is 0 Å². The smallest absolute Gasteiger partial charge is 0.135 e. The van der Waals surface area contributed by atoms with E-state index in [1.807, 2.05) is 11.6 Å². The van der Waals surface area contributed by atoms with Crippen molar-refractivity contribution in [2.24, 2.45) is 0 Å². The Balaban J connectivity index is 1.94. The minimum Gasteiger partial charge on any atom is -0.383 e. The molecule has 1 unspecified atom stereocenters. The molecule has 1 aliphatic rings. The summed E-state index contributed by atoms with van der Waals surface area (Å²) >= 11 is 2.28. The van der Waals surface area contributed by atoms with Gasteiger partial charge in [-0.25, -0.2) is 4.68 Å². The maximum atomic E-state index is 6.15. The summed E-state index contributed by atoms with van der Waals surface area (Å²) in [7, 11) is 0. The third-order valence-electron chi connectivity index (χ3n) is 3.71. The standard InChI is InChI=1S/C14H16IN3/c1-9-13(15)14(16)18(17-9)12-7-6-10-4-2-3-5-11(10)8-12/h2-5,12H,6-8,16H2,1H3. The Bertz CT molecular complexity index is 589. The quantitative estimate of drug-likeness (QED) is 0.801. The molecule has 0 aliphatic heterocycles. The van der Waals surface area contributed by atoms with Crippen LogP contribution in [0.2, 0.25) is 0 Å². The third-order valence-corrected chi connectivity index (χ3v) is 5.05. The van der Waals surface area contributed by atoms with E-state index in [-0.39, 0.29) is 0 Å². The van der Waals surface area contributed by atoms with Gasteiger partial charge in [-0.2, -0.15) is 5.10 Å². The highest BCUT2D eigenvalue weighted by Crippen LogP contribution is 2.31. The zero-order valence-corrected chi connectivity index (χ0v) is 12.5. The predicted molar refractivity (Wildman–Crippen MR) is 81.6 cm³/mol. The molecular weight excluding hydrogens is 337 g/mol. The van der Waals surface area contributed by atoms with Crippen molar-refractivity contribution < 1.29 is 0 Å². The Labute approximate surface area is 121 Å². The Morgan fingerprint density at radius 3 is 2.72 bits per heavy atom. The van der Waals surface area contributed by atoms with Crippen LogP contribution in [0.25, 0.3) is 0 Å². The number of fused-ring (bicyclic) bond motifs is 1. The molecule has 0 radical (unpaired) electrons. The number of anilines is 1. The van der Waals surface area contributed by atoms with Gasteiger partial charge < -0.3 is 5.73 Å². The molecule has 18 heavy (non-hydrogen) atoms. The lowest BCUT2D eigenvalue weighted by Gasteiger charge is -2.25. The molecule has 3 nitrogen and oxygen atoms in total. The Morgan fingerprint density at radius 1 is 1.33 bits per heavy atom. The van der Waals surface area contributed by atoms with Gasteiger partial charge in [-0.3, -0.25) is 0 Å². The second-order valence-electron chi connectivity index (χ2n) is 4.89. The minimum absolute atomic E-state index is 0.405. The van der Waals surface area contributed by atoms with Crippen LogP contribution in [0.15, 0.2) is 24.3 Å². The summed E-state index contributed by atoms with van der Waals surface area (Å²) in [5, 5.41) is 4.59. The zero-order chi connectivity index (χ0) is 12.7. The van der Waals surface area contributed by atoms with Crippen LogP contribution in [-0.2, 0) is 12.8 Å². The van der Waals surface area contributed by atoms with Crippen molar-refractivity contribution in [3.63, 3.8) is 0 Å². The van der Waals surface area contributed by atoms with Crippen LogP contribution in [0.3, 0.4) is 0 Å². The molecule has 1 heterocycles. The number of nitrogens with zero attached hydrogens (tertiary/aromatic N) is 2. The molecule has 94 valence electrons. The van der Waals surface area contributed by atoms with Crippen molar-refractivity contribution in [2.45, 2.75) is 32.2 Å². The highest BCUT2D eigenvalue weighted by atomic mass is 127. The number of aromatic nitrogens is 2. The minimum atomic E-state index is 0.405. The van der Waals surface area contributed by atoms with E-state index in [2.05, 4.69) is 52.0 Å². The Hall–Kier alpha value is -1.04. The van der Waals surface area contributed by atoms with Crippen LogP contribution in [0.4, 0.5) is 5.82 Å². The molecule has 4 heteroatoms. The van der Waals surface area contributed by atoms with Gasteiger partial charge in [-0.15, -0.1) is 0 Å². The molecule has 0 bridgehead atoms. The van der Waals surface area contributed by atoms with Gasteiger partial charge in [0.15, 0.2) is 0 Å². The fourth-order valence-corrected chi connectivity index (χ4v) is 3.07. The van der Waals surface area contributed by atoms with Crippen molar-refractivity contribution in [3.8, 4) is 0 Å². The lowest BCUT2D eigenvalue weighted by atomic mass is 9.88. The van der Waals surface area contributed by atoms with Gasteiger partial charge in [0.25, 0.3) is 0 Å². The lowest BCUT2D eigenvalue weighted by molar-refractivity contribution is 0.409. The van der Waals surface area contributed by atoms with Gasteiger partial charge >= 0.3 is 0 Å². The summed E-state index contributed by atoms with van der Waals surface area (Å²) in [6, 6.07) is 9.09. The largest absolute Gasteiger partial charge is 0.383 e. The fourth-order valence-electron chi connectivity index (χ4n) is 2.71. The third kappa shape index (κ3) is 1.92. The van der Waals surface area contributed by atoms with E-state index in [4.69, 9.17) is 5.73 Å². The van der Waals surface area contributed by atoms with Crippen LogP contribution in [0.1, 0.15) is 29.3 Å². The van der Waals surface area contributed by atoms with Gasteiger partial charge in [-0.1, -0.05) is 24.3 Å². The molecule has 1 aromatic heterocycles. The first kappa shape index (κ1) is 12.0. The molecule has 1 aromatic carbocycles. The Kier molecular flexibility index (Phi) is 3.05. The number of benzene rings is 1. The van der Waals surface area contributed by atoms with Crippen LogP contribution < -0.4 is 5.73 Å². The SMILES string of the molecule is Cc1nn(C2CCc3ccccc3C2)c(N)c1I. The number of rotatable bonds is 1. The zero-order valence-electron chi connectivity index (χ0n) is 10.4. The molecule has 0 saturated heterocycles. The maximum absolute atomic E-state index is 6.15. The van der Waals surface area contributed by atoms with E-state index in [0.29, 0.717) is 6.04 Å². The van der Waals surface area contributed by atoms with Gasteiger partial charge in [0.05, 0.1) is 15.3 Å². The highest BCUT2D eigenvalue weighted by Gasteiger charge is 2.23. The number of aryl methyl sites for hydroxylation is 2. The average molecular weight is 353 g/mol. The summed E-state index contributed by atoms with van der Waals surface area (Å²) in [4.78, 5) is 0. The predicted octanol–water partition coefficient (Wildman–Crippen LogP) is 3.11. The van der Waals surface area contributed by atoms with E-state index >= 15 is 0 Å². The second kappa shape index (κ2) is 4.57. The van der Waals surface area contributed by atoms with E-state index in [1.54, 1.807) is 0 Å². The topological polar surface area (TPSA) is 43.8 Å². The number of nitrogen functional groups attached to an aromatic ring is 1. The molecule has 2 aromatic rings. The number of nitrogens with two attached hydrogens (primary N) is 1. The van der Waals surface area contributed by atoms with E-state index in [1.165, 1.54) is 11.1 Å². The first-order valence-corrected chi connectivity index (χ1v) is 7.31. The van der Waals surface area contributed by atoms with Crippen LogP contribution in [-0.4, -0.2) is 9.78 Å². The molecule has 1 atom stereocenters. The fraction of sp³-hybridized carbons (Fsp3) is 0.357. The van der Waals surface area contributed by atoms with Crippen LogP contribution >= 0.6 is 22.6 Å². The summed E-state index contributed by atoms with van der Waals surface area (Å²) in [5.74, 6) is 0.817. The van der Waals surface area contributed by atoms with Crippen molar-refractivity contribution >= 4 is 28.4 Å². The average Bonchev–Trinajstić information content (AvgIpc) is 2.66. The molecule has 1 aliphatic carbocycles. The van der Waals surface area contributed by atoms with Crippen molar-refractivity contribution in [3.05, 3.63) is 44.7 Å². The molecular formula is C14H16IN3. The van der Waals surface area contributed by atoms with E-state index in [9.17, 15) is 0 Å². The molecule has 3 rings (SSSR count). The van der Waals surface area contributed by atoms with Crippen LogP contribution in [0.5, 0.6) is 0 Å². The first-order chi connectivity index (χ1) is 8.66. The number of hydrogen-bond donors (Lipinski definition) is 1. The molecule has 0 fully saturated rings. The molecule has 0 saturated carbocycles. The normalized spacial score (nSPS) is 18.7. The van der Waals surface area contributed by atoms with Gasteiger partial charge in [-0.05, 0) is 59.9 Å². The molecule has 2 N–H and O–H groups in total. The second-order valence-corrected chi connectivity index (χ2v) is 5.97.